The van der Waals surface area contributed by atoms with Crippen LogP contribution in [0, 0.1) is 0 Å². The molecule has 0 aromatic heterocycles. The van der Waals surface area contributed by atoms with Gasteiger partial charge >= 0.3 is 5.97 Å². The van der Waals surface area contributed by atoms with Gasteiger partial charge in [0.25, 0.3) is 0 Å². The summed E-state index contributed by atoms with van der Waals surface area (Å²) in [6.07, 6.45) is 5.77. The zero-order chi connectivity index (χ0) is 19.2. The molecule has 0 unspecified atom stereocenters. The lowest BCUT2D eigenvalue weighted by Gasteiger charge is -2.22. The van der Waals surface area contributed by atoms with Gasteiger partial charge in [-0.3, -0.25) is 0 Å². The van der Waals surface area contributed by atoms with Crippen molar-refractivity contribution >= 4 is 5.97 Å². The molecule has 0 aliphatic carbocycles. The zero-order valence-electron chi connectivity index (χ0n) is 16.4. The SMILES string of the molecule is CCCCCC[C@H](C)Oc1ccc(-c2ccc3c(c2)O[C@@H](C)C(=O)O3)cc1. The van der Waals surface area contributed by atoms with Gasteiger partial charge in [-0.05, 0) is 62.1 Å². The molecule has 2 aromatic rings. The predicted octanol–water partition coefficient (Wildman–Crippen LogP) is 5.78. The van der Waals surface area contributed by atoms with Gasteiger partial charge < -0.3 is 14.2 Å². The molecule has 4 heteroatoms. The van der Waals surface area contributed by atoms with Gasteiger partial charge in [0.05, 0.1) is 6.10 Å². The van der Waals surface area contributed by atoms with Crippen LogP contribution in [0.3, 0.4) is 0 Å². The third kappa shape index (κ3) is 5.03. The molecule has 1 aliphatic rings. The van der Waals surface area contributed by atoms with E-state index in [1.165, 1.54) is 25.7 Å². The Bertz CT molecular complexity index is 766. The molecule has 0 bridgehead atoms. The largest absolute Gasteiger partial charge is 0.491 e. The molecular formula is C23H28O4. The molecular weight excluding hydrogens is 340 g/mol. The number of hydrogen-bond acceptors (Lipinski definition) is 4. The standard InChI is InChI=1S/C23H28O4/c1-4-5-6-7-8-16(2)25-20-12-9-18(10-13-20)19-11-14-21-22(15-19)26-17(3)23(24)27-21/h9-17H,4-8H2,1-3H3/t16-,17-/m0/s1. The van der Waals surface area contributed by atoms with Gasteiger partial charge in [0.1, 0.15) is 5.75 Å². The van der Waals surface area contributed by atoms with Crippen molar-refractivity contribution in [3.63, 3.8) is 0 Å². The number of hydrogen-bond donors (Lipinski definition) is 0. The Kier molecular flexibility index (Phi) is 6.38. The first-order valence-corrected chi connectivity index (χ1v) is 9.86. The minimum Gasteiger partial charge on any atom is -0.491 e. The van der Waals surface area contributed by atoms with Gasteiger partial charge in [-0.1, -0.05) is 44.4 Å². The third-order valence-electron chi connectivity index (χ3n) is 4.78. The lowest BCUT2D eigenvalue weighted by Crippen LogP contribution is -2.32. The van der Waals surface area contributed by atoms with Crippen molar-refractivity contribution in [1.82, 2.24) is 0 Å². The van der Waals surface area contributed by atoms with E-state index in [0.717, 1.165) is 23.3 Å². The fraction of sp³-hybridized carbons (Fsp3) is 0.435. The zero-order valence-corrected chi connectivity index (χ0v) is 16.4. The summed E-state index contributed by atoms with van der Waals surface area (Å²) in [7, 11) is 0. The monoisotopic (exact) mass is 368 g/mol. The Morgan fingerprint density at radius 2 is 1.74 bits per heavy atom. The van der Waals surface area contributed by atoms with Crippen molar-refractivity contribution in [3.8, 4) is 28.4 Å². The van der Waals surface area contributed by atoms with Gasteiger partial charge in [-0.25, -0.2) is 4.79 Å². The summed E-state index contributed by atoms with van der Waals surface area (Å²) in [5.74, 6) is 1.60. The van der Waals surface area contributed by atoms with E-state index in [0.29, 0.717) is 11.5 Å². The topological polar surface area (TPSA) is 44.8 Å². The van der Waals surface area contributed by atoms with Crippen LogP contribution in [0.4, 0.5) is 0 Å². The second-order valence-electron chi connectivity index (χ2n) is 7.14. The maximum Gasteiger partial charge on any atom is 0.352 e. The molecule has 0 radical (unpaired) electrons. The number of ether oxygens (including phenoxy) is 3. The molecule has 0 N–H and O–H groups in total. The van der Waals surface area contributed by atoms with Gasteiger partial charge in [0, 0.05) is 0 Å². The molecule has 1 heterocycles. The van der Waals surface area contributed by atoms with Crippen molar-refractivity contribution in [2.24, 2.45) is 0 Å². The lowest BCUT2D eigenvalue weighted by molar-refractivity contribution is -0.144. The lowest BCUT2D eigenvalue weighted by atomic mass is 10.0. The average molecular weight is 368 g/mol. The molecule has 0 amide bonds. The second kappa shape index (κ2) is 8.94. The van der Waals surface area contributed by atoms with Crippen molar-refractivity contribution in [3.05, 3.63) is 42.5 Å². The molecule has 0 saturated heterocycles. The molecule has 0 saturated carbocycles. The summed E-state index contributed by atoms with van der Waals surface area (Å²) in [6, 6.07) is 13.7. The molecule has 144 valence electrons. The van der Waals surface area contributed by atoms with Crippen LogP contribution in [-0.4, -0.2) is 18.2 Å². The van der Waals surface area contributed by atoms with Crippen molar-refractivity contribution in [1.29, 1.82) is 0 Å². The summed E-state index contributed by atoms with van der Waals surface area (Å²) in [5, 5.41) is 0. The van der Waals surface area contributed by atoms with Crippen LogP contribution < -0.4 is 14.2 Å². The van der Waals surface area contributed by atoms with Gasteiger partial charge in [-0.15, -0.1) is 0 Å². The average Bonchev–Trinajstić information content (AvgIpc) is 2.66. The van der Waals surface area contributed by atoms with Crippen molar-refractivity contribution in [2.75, 3.05) is 0 Å². The quantitative estimate of drug-likeness (QED) is 0.337. The Hall–Kier alpha value is -2.49. The van der Waals surface area contributed by atoms with Crippen LogP contribution in [0.15, 0.2) is 42.5 Å². The molecule has 3 rings (SSSR count). The highest BCUT2D eigenvalue weighted by atomic mass is 16.6. The van der Waals surface area contributed by atoms with Gasteiger partial charge in [-0.2, -0.15) is 0 Å². The van der Waals surface area contributed by atoms with Gasteiger partial charge in [0.2, 0.25) is 0 Å². The fourth-order valence-corrected chi connectivity index (χ4v) is 3.17. The molecule has 2 atom stereocenters. The van der Waals surface area contributed by atoms with E-state index in [-0.39, 0.29) is 12.1 Å². The number of fused-ring (bicyclic) bond motifs is 1. The number of carbonyl (C=O) groups excluding carboxylic acids is 1. The van der Waals surface area contributed by atoms with Gasteiger partial charge in [0.15, 0.2) is 17.6 Å². The first-order chi connectivity index (χ1) is 13.1. The number of benzene rings is 2. The van der Waals surface area contributed by atoms with Crippen LogP contribution in [0.5, 0.6) is 17.2 Å². The summed E-state index contributed by atoms with van der Waals surface area (Å²) in [4.78, 5) is 11.6. The fourth-order valence-electron chi connectivity index (χ4n) is 3.17. The van der Waals surface area contributed by atoms with Crippen LogP contribution in [-0.2, 0) is 4.79 Å². The van der Waals surface area contributed by atoms with E-state index < -0.39 is 6.10 Å². The molecule has 2 aromatic carbocycles. The van der Waals surface area contributed by atoms with Crippen LogP contribution in [0.2, 0.25) is 0 Å². The number of rotatable bonds is 8. The Labute approximate surface area is 161 Å². The highest BCUT2D eigenvalue weighted by molar-refractivity contribution is 5.81. The molecule has 27 heavy (non-hydrogen) atoms. The minimum atomic E-state index is -0.581. The number of unbranched alkanes of at least 4 members (excludes halogenated alkanes) is 3. The van der Waals surface area contributed by atoms with E-state index >= 15 is 0 Å². The first-order valence-electron chi connectivity index (χ1n) is 9.86. The highest BCUT2D eigenvalue weighted by Gasteiger charge is 2.26. The minimum absolute atomic E-state index is 0.223. The predicted molar refractivity (Wildman–Crippen MR) is 106 cm³/mol. The Morgan fingerprint density at radius 1 is 1.00 bits per heavy atom. The Balaban J connectivity index is 1.62. The number of esters is 1. The first kappa shape index (κ1) is 19.3. The molecule has 1 aliphatic heterocycles. The highest BCUT2D eigenvalue weighted by Crippen LogP contribution is 2.36. The Morgan fingerprint density at radius 3 is 2.48 bits per heavy atom. The van der Waals surface area contributed by atoms with Crippen molar-refractivity contribution < 1.29 is 19.0 Å². The maximum absolute atomic E-state index is 11.6. The smallest absolute Gasteiger partial charge is 0.352 e. The molecule has 0 spiro atoms. The summed E-state index contributed by atoms with van der Waals surface area (Å²) in [5.41, 5.74) is 2.08. The normalized spacial score (nSPS) is 16.9. The van der Waals surface area contributed by atoms with E-state index in [1.54, 1.807) is 13.0 Å². The van der Waals surface area contributed by atoms with E-state index in [1.807, 2.05) is 36.4 Å². The van der Waals surface area contributed by atoms with Crippen LogP contribution in [0.25, 0.3) is 11.1 Å². The van der Waals surface area contributed by atoms with E-state index in [2.05, 4.69) is 13.8 Å². The third-order valence-corrected chi connectivity index (χ3v) is 4.78. The van der Waals surface area contributed by atoms with Crippen molar-refractivity contribution in [2.45, 2.75) is 65.1 Å². The van der Waals surface area contributed by atoms with Crippen LogP contribution >= 0.6 is 0 Å². The maximum atomic E-state index is 11.6. The second-order valence-corrected chi connectivity index (χ2v) is 7.14. The van der Waals surface area contributed by atoms with E-state index in [4.69, 9.17) is 14.2 Å². The van der Waals surface area contributed by atoms with Crippen LogP contribution in [0.1, 0.15) is 52.9 Å². The summed E-state index contributed by atoms with van der Waals surface area (Å²) >= 11 is 0. The number of carbonyl (C=O) groups is 1. The summed E-state index contributed by atoms with van der Waals surface area (Å²) in [6.45, 7) is 6.04. The molecule has 4 nitrogen and oxygen atoms in total. The van der Waals surface area contributed by atoms with E-state index in [9.17, 15) is 4.79 Å². The molecule has 0 fully saturated rings. The summed E-state index contributed by atoms with van der Waals surface area (Å²) < 4.78 is 16.9.